The number of carboxylic acid groups (broad SMARTS) is 3. The fourth-order valence-corrected chi connectivity index (χ4v) is 6.87. The van der Waals surface area contributed by atoms with Crippen LogP contribution in [0, 0.1) is 13.1 Å². The zero-order valence-corrected chi connectivity index (χ0v) is 27.2. The van der Waals surface area contributed by atoms with Crippen molar-refractivity contribution in [3.05, 3.63) is 100 Å². The van der Waals surface area contributed by atoms with E-state index in [0.29, 0.717) is 4.31 Å². The molecule has 0 aliphatic heterocycles. The summed E-state index contributed by atoms with van der Waals surface area (Å²) in [4.78, 5) is 53.1. The van der Waals surface area contributed by atoms with Crippen molar-refractivity contribution in [2.45, 2.75) is 11.3 Å². The van der Waals surface area contributed by atoms with Crippen LogP contribution in [-0.4, -0.2) is 83.6 Å². The van der Waals surface area contributed by atoms with Crippen molar-refractivity contribution in [3.63, 3.8) is 0 Å². The summed E-state index contributed by atoms with van der Waals surface area (Å²) in [5.74, 6) is -6.64. The molecule has 0 saturated carbocycles. The van der Waals surface area contributed by atoms with Gasteiger partial charge in [-0.2, -0.15) is 15.0 Å². The third-order valence-electron chi connectivity index (χ3n) is 6.73. The normalized spacial score (nSPS) is 11.1. The molecule has 256 valence electrons. The van der Waals surface area contributed by atoms with Crippen LogP contribution in [0.2, 0.25) is 0 Å². The monoisotopic (exact) mass is 720 g/mol. The van der Waals surface area contributed by atoms with Gasteiger partial charge in [-0.1, -0.05) is 18.2 Å². The van der Waals surface area contributed by atoms with Crippen molar-refractivity contribution >= 4 is 78.4 Å². The highest BCUT2D eigenvalue weighted by molar-refractivity contribution is 7.93. The molecule has 1 aromatic heterocycles. The molecule has 5 N–H and O–H groups in total. The summed E-state index contributed by atoms with van der Waals surface area (Å²) in [5, 5.41) is 33.6. The number of hydrogen-bond acceptors (Lipinski definition) is 12. The molecule has 4 rings (SSSR count). The van der Waals surface area contributed by atoms with Crippen LogP contribution in [-0.2, 0) is 19.9 Å². The van der Waals surface area contributed by atoms with Gasteiger partial charge in [-0.15, -0.1) is 0 Å². The molecule has 18 nitrogen and oxygen atoms in total. The number of carbonyl (C=O) groups is 3. The minimum Gasteiger partial charge on any atom is -0.478 e. The highest BCUT2D eigenvalue weighted by Crippen LogP contribution is 2.31. The lowest BCUT2D eigenvalue weighted by molar-refractivity contribution is 0.0682. The second kappa shape index (κ2) is 14.6. The number of aromatic carboxylic acids is 3. The maximum Gasteiger partial charge on any atom is 0.335 e. The molecule has 0 unspecified atom stereocenters. The van der Waals surface area contributed by atoms with Gasteiger partial charge in [0.2, 0.25) is 27.9 Å². The number of sulfone groups is 1. The highest BCUT2D eigenvalue weighted by atomic mass is 32.2. The molecule has 0 saturated heterocycles. The molecule has 0 radical (unpaired) electrons. The zero-order chi connectivity index (χ0) is 36.8. The fourth-order valence-electron chi connectivity index (χ4n) is 4.24. The highest BCUT2D eigenvalue weighted by Gasteiger charge is 2.25. The lowest BCUT2D eigenvalue weighted by Gasteiger charge is -2.19. The van der Waals surface area contributed by atoms with E-state index in [1.165, 1.54) is 30.3 Å². The summed E-state index contributed by atoms with van der Waals surface area (Å²) in [6, 6.07) is 11.9. The summed E-state index contributed by atoms with van der Waals surface area (Å²) in [5.41, 5.74) is -1.01. The number of carboxylic acids is 3. The Morgan fingerprint density at radius 2 is 1.28 bits per heavy atom. The molecule has 0 spiro atoms. The molecule has 20 heteroatoms. The Bertz CT molecular complexity index is 2300. The number of nitrogens with one attached hydrogen (secondary N) is 2. The molecule has 4 aromatic rings. The van der Waals surface area contributed by atoms with E-state index < -0.39 is 72.8 Å². The van der Waals surface area contributed by atoms with Gasteiger partial charge in [0.1, 0.15) is 0 Å². The van der Waals surface area contributed by atoms with Gasteiger partial charge >= 0.3 is 17.9 Å². The van der Waals surface area contributed by atoms with Crippen LogP contribution in [0.4, 0.5) is 40.6 Å². The maximum absolute atomic E-state index is 13.4. The van der Waals surface area contributed by atoms with Gasteiger partial charge in [0.25, 0.3) is 0 Å². The van der Waals surface area contributed by atoms with Gasteiger partial charge in [0.05, 0.1) is 46.2 Å². The lowest BCUT2D eigenvalue weighted by Crippen LogP contribution is -2.31. The average Bonchev–Trinajstić information content (AvgIpc) is 3.07. The van der Waals surface area contributed by atoms with E-state index in [1.807, 2.05) is 0 Å². The molecular weight excluding hydrogens is 697 g/mol. The maximum atomic E-state index is 13.4. The van der Waals surface area contributed by atoms with E-state index >= 15 is 0 Å². The van der Waals surface area contributed by atoms with Crippen molar-refractivity contribution in [1.29, 1.82) is 0 Å². The number of nitrogens with zero attached hydrogens (tertiary/aromatic N) is 6. The van der Waals surface area contributed by atoms with E-state index in [0.717, 1.165) is 37.4 Å². The van der Waals surface area contributed by atoms with E-state index in [1.54, 1.807) is 0 Å². The SMILES string of the molecule is [C-]#[N+]c1ccc(S(=O)(=O)CCCS(=O)(=O)N(C)c2nc(Nc3cccc(C(=O)O)c3)nc(Nc3cc(C(=O)O)cc(C(=O)O)c3)n2)cc1[N+]#[C-]. The Balaban J connectivity index is 1.65. The van der Waals surface area contributed by atoms with Crippen LogP contribution in [0.3, 0.4) is 0 Å². The Labute approximate surface area is 284 Å². The van der Waals surface area contributed by atoms with Crippen molar-refractivity contribution in [1.82, 2.24) is 15.0 Å². The molecule has 3 aromatic carbocycles. The first-order chi connectivity index (χ1) is 23.5. The Kier molecular flexibility index (Phi) is 10.6. The second-order valence-corrected chi connectivity index (χ2v) is 14.4. The second-order valence-electron chi connectivity index (χ2n) is 10.2. The molecule has 50 heavy (non-hydrogen) atoms. The zero-order valence-electron chi connectivity index (χ0n) is 25.6. The predicted molar refractivity (Wildman–Crippen MR) is 178 cm³/mol. The first kappa shape index (κ1) is 36.2. The molecule has 0 aliphatic rings. The summed E-state index contributed by atoms with van der Waals surface area (Å²) >= 11 is 0. The Morgan fingerprint density at radius 3 is 1.84 bits per heavy atom. The van der Waals surface area contributed by atoms with Crippen molar-refractivity contribution < 1.29 is 46.5 Å². The third-order valence-corrected chi connectivity index (χ3v) is 10.3. The first-order valence-electron chi connectivity index (χ1n) is 13.9. The molecule has 0 bridgehead atoms. The minimum atomic E-state index is -4.34. The minimum absolute atomic E-state index is 0.0327. The summed E-state index contributed by atoms with van der Waals surface area (Å²) < 4.78 is 53.2. The van der Waals surface area contributed by atoms with Crippen LogP contribution in [0.5, 0.6) is 0 Å². The Morgan fingerprint density at radius 1 is 0.720 bits per heavy atom. The van der Waals surface area contributed by atoms with Crippen molar-refractivity contribution in [2.75, 3.05) is 33.5 Å². The van der Waals surface area contributed by atoms with Gasteiger partial charge in [-0.05, 0) is 48.9 Å². The van der Waals surface area contributed by atoms with E-state index in [-0.39, 0.29) is 45.1 Å². The Hall–Kier alpha value is -6.64. The van der Waals surface area contributed by atoms with Crippen LogP contribution in [0.1, 0.15) is 37.5 Å². The van der Waals surface area contributed by atoms with E-state index in [4.69, 9.17) is 13.1 Å². The summed E-state index contributed by atoms with van der Waals surface area (Å²) in [6.07, 6.45) is -0.393. The number of sulfonamides is 1. The van der Waals surface area contributed by atoms with Crippen molar-refractivity contribution in [3.8, 4) is 0 Å². The predicted octanol–water partition coefficient (Wildman–Crippen LogP) is 4.18. The van der Waals surface area contributed by atoms with Crippen LogP contribution < -0.4 is 14.9 Å². The lowest BCUT2D eigenvalue weighted by atomic mass is 10.1. The van der Waals surface area contributed by atoms with Gasteiger partial charge in [-0.3, -0.25) is 9.69 Å². The smallest absolute Gasteiger partial charge is 0.335 e. The fraction of sp³-hybridized carbons (Fsp3) is 0.133. The molecule has 0 atom stereocenters. The van der Waals surface area contributed by atoms with Gasteiger partial charge in [-0.25, -0.2) is 35.5 Å². The van der Waals surface area contributed by atoms with Crippen molar-refractivity contribution in [2.24, 2.45) is 0 Å². The van der Waals surface area contributed by atoms with E-state index in [2.05, 4.69) is 35.3 Å². The molecule has 0 amide bonds. The number of benzene rings is 3. The molecular formula is C30H24N8O10S2. The average molecular weight is 721 g/mol. The standard InChI is InChI=1S/C30H24N8O10S2/c1-31-23-9-8-22(16-24(23)32-2)49(45,46)10-5-11-50(47,48)38(3)30-36-28(33-20-7-4-6-17(13-20)25(39)40)35-29(37-30)34-21-14-18(26(41)42)12-19(15-21)27(43)44/h4,6-9,12-16H,5,10-11H2,3H3,(H,39,40)(H,41,42)(H,43,44)(H2,33,34,35,36,37). The topological polar surface area (TPSA) is 255 Å². The molecule has 1 heterocycles. The molecule has 0 fully saturated rings. The first-order valence-corrected chi connectivity index (χ1v) is 17.1. The van der Waals surface area contributed by atoms with Crippen LogP contribution in [0.25, 0.3) is 9.69 Å². The third kappa shape index (κ3) is 8.63. The van der Waals surface area contributed by atoms with Crippen LogP contribution in [0.15, 0.2) is 65.6 Å². The van der Waals surface area contributed by atoms with Crippen LogP contribution >= 0.6 is 0 Å². The summed E-state index contributed by atoms with van der Waals surface area (Å²) in [7, 11) is -7.31. The number of rotatable bonds is 14. The van der Waals surface area contributed by atoms with E-state index in [9.17, 15) is 46.5 Å². The van der Waals surface area contributed by atoms with Gasteiger partial charge in [0.15, 0.2) is 21.2 Å². The number of anilines is 5. The number of hydrogen-bond donors (Lipinski definition) is 5. The van der Waals surface area contributed by atoms with Gasteiger partial charge < -0.3 is 26.0 Å². The summed E-state index contributed by atoms with van der Waals surface area (Å²) in [6.45, 7) is 14.3. The number of aromatic nitrogens is 3. The quantitative estimate of drug-likeness (QED) is 0.115. The largest absolute Gasteiger partial charge is 0.478 e. The molecule has 0 aliphatic carbocycles. The van der Waals surface area contributed by atoms with Gasteiger partial charge in [0, 0.05) is 18.4 Å².